The molecular weight excluding hydrogens is 184 g/mol. The van der Waals surface area contributed by atoms with Gasteiger partial charge in [-0.3, -0.25) is 4.79 Å². The largest absolute Gasteiger partial charge is 0.497 e. The number of esters is 1. The molecule has 4 heteroatoms. The standard InChI is InChI=1S/C10H14O4/c1-3-13-10(12)9(7(2)11)8-5-4-6-14-8/h3-6H2,1-2H3/b9-8+. The monoisotopic (exact) mass is 198 g/mol. The maximum absolute atomic E-state index is 11.4. The predicted octanol–water partition coefficient (Wildman–Crippen LogP) is 1.20. The first kappa shape index (κ1) is 10.8. The van der Waals surface area contributed by atoms with Crippen LogP contribution >= 0.6 is 0 Å². The number of hydrogen-bond acceptors (Lipinski definition) is 4. The van der Waals surface area contributed by atoms with E-state index < -0.39 is 5.97 Å². The van der Waals surface area contributed by atoms with E-state index in [0.717, 1.165) is 6.42 Å². The van der Waals surface area contributed by atoms with Crippen LogP contribution in [-0.2, 0) is 19.1 Å². The van der Waals surface area contributed by atoms with Crippen molar-refractivity contribution in [2.75, 3.05) is 13.2 Å². The van der Waals surface area contributed by atoms with Gasteiger partial charge in [-0.1, -0.05) is 0 Å². The molecule has 1 aliphatic heterocycles. The molecular formula is C10H14O4. The van der Waals surface area contributed by atoms with E-state index in [1.165, 1.54) is 6.92 Å². The highest BCUT2D eigenvalue weighted by atomic mass is 16.5. The van der Waals surface area contributed by atoms with Gasteiger partial charge in [0, 0.05) is 6.42 Å². The maximum Gasteiger partial charge on any atom is 0.345 e. The molecule has 0 spiro atoms. The average Bonchev–Trinajstić information content (AvgIpc) is 2.57. The number of ketones is 1. The van der Waals surface area contributed by atoms with E-state index >= 15 is 0 Å². The van der Waals surface area contributed by atoms with E-state index in [2.05, 4.69) is 0 Å². The van der Waals surface area contributed by atoms with Crippen LogP contribution in [0.25, 0.3) is 0 Å². The normalized spacial score (nSPS) is 18.7. The molecule has 1 aliphatic rings. The van der Waals surface area contributed by atoms with Crippen LogP contribution in [0.4, 0.5) is 0 Å². The molecule has 78 valence electrons. The minimum absolute atomic E-state index is 0.0735. The lowest BCUT2D eigenvalue weighted by Gasteiger charge is -2.06. The second-order valence-corrected chi connectivity index (χ2v) is 3.03. The minimum Gasteiger partial charge on any atom is -0.497 e. The number of Topliss-reactive ketones (excluding diaryl/α,β-unsaturated/α-hetero) is 1. The molecule has 0 saturated carbocycles. The molecule has 1 saturated heterocycles. The van der Waals surface area contributed by atoms with Crippen LogP contribution in [0, 0.1) is 0 Å². The summed E-state index contributed by atoms with van der Waals surface area (Å²) in [5, 5.41) is 0. The van der Waals surface area contributed by atoms with Gasteiger partial charge >= 0.3 is 5.97 Å². The van der Waals surface area contributed by atoms with Crippen molar-refractivity contribution >= 4 is 11.8 Å². The Bertz CT molecular complexity index is 270. The summed E-state index contributed by atoms with van der Waals surface area (Å²) < 4.78 is 9.98. The second kappa shape index (κ2) is 4.79. The first-order valence-electron chi connectivity index (χ1n) is 4.70. The molecule has 0 unspecified atom stereocenters. The predicted molar refractivity (Wildman–Crippen MR) is 49.5 cm³/mol. The lowest BCUT2D eigenvalue weighted by Crippen LogP contribution is -2.16. The summed E-state index contributed by atoms with van der Waals surface area (Å²) >= 11 is 0. The summed E-state index contributed by atoms with van der Waals surface area (Å²) in [5.74, 6) is -0.381. The average molecular weight is 198 g/mol. The Labute approximate surface area is 82.9 Å². The van der Waals surface area contributed by atoms with Crippen LogP contribution in [0.2, 0.25) is 0 Å². The number of carbonyl (C=O) groups is 2. The molecule has 0 aliphatic carbocycles. The Morgan fingerprint density at radius 3 is 2.64 bits per heavy atom. The number of rotatable bonds is 3. The van der Waals surface area contributed by atoms with Gasteiger partial charge in [0.15, 0.2) is 5.78 Å². The van der Waals surface area contributed by atoms with Crippen molar-refractivity contribution in [3.05, 3.63) is 11.3 Å². The van der Waals surface area contributed by atoms with Gasteiger partial charge in [0.05, 0.1) is 13.2 Å². The summed E-state index contributed by atoms with van der Waals surface area (Å²) in [6, 6.07) is 0. The van der Waals surface area contributed by atoms with Crippen LogP contribution < -0.4 is 0 Å². The third-order valence-corrected chi connectivity index (χ3v) is 1.93. The third-order valence-electron chi connectivity index (χ3n) is 1.93. The first-order chi connectivity index (χ1) is 6.66. The first-order valence-corrected chi connectivity index (χ1v) is 4.70. The highest BCUT2D eigenvalue weighted by molar-refractivity contribution is 6.16. The lowest BCUT2D eigenvalue weighted by atomic mass is 10.1. The van der Waals surface area contributed by atoms with Crippen molar-refractivity contribution in [1.29, 1.82) is 0 Å². The van der Waals surface area contributed by atoms with E-state index in [1.807, 2.05) is 0 Å². The summed E-state index contributed by atoms with van der Waals surface area (Å²) in [5.41, 5.74) is 0.0735. The summed E-state index contributed by atoms with van der Waals surface area (Å²) in [6.07, 6.45) is 1.50. The maximum atomic E-state index is 11.4. The molecule has 0 aromatic heterocycles. The van der Waals surface area contributed by atoms with E-state index in [1.54, 1.807) is 6.92 Å². The van der Waals surface area contributed by atoms with Crippen LogP contribution in [0.1, 0.15) is 26.7 Å². The Morgan fingerprint density at radius 1 is 1.50 bits per heavy atom. The molecule has 14 heavy (non-hydrogen) atoms. The van der Waals surface area contributed by atoms with E-state index in [4.69, 9.17) is 9.47 Å². The van der Waals surface area contributed by atoms with E-state index in [9.17, 15) is 9.59 Å². The van der Waals surface area contributed by atoms with Crippen LogP contribution in [0.3, 0.4) is 0 Å². The zero-order chi connectivity index (χ0) is 10.6. The van der Waals surface area contributed by atoms with Crippen molar-refractivity contribution in [3.63, 3.8) is 0 Å². The molecule has 0 aromatic carbocycles. The highest BCUT2D eigenvalue weighted by Crippen LogP contribution is 2.21. The number of ether oxygens (including phenoxy) is 2. The molecule has 0 amide bonds. The SMILES string of the molecule is CCOC(=O)/C(C(C)=O)=C1\CCCO1. The Morgan fingerprint density at radius 2 is 2.21 bits per heavy atom. The van der Waals surface area contributed by atoms with Gasteiger partial charge < -0.3 is 9.47 Å². The Balaban J connectivity index is 2.88. The summed E-state index contributed by atoms with van der Waals surface area (Å²) in [6.45, 7) is 3.89. The molecule has 0 atom stereocenters. The van der Waals surface area contributed by atoms with Crippen LogP contribution in [-0.4, -0.2) is 25.0 Å². The summed E-state index contributed by atoms with van der Waals surface area (Å²) in [4.78, 5) is 22.6. The fraction of sp³-hybridized carbons (Fsp3) is 0.600. The smallest absolute Gasteiger partial charge is 0.345 e. The van der Waals surface area contributed by atoms with E-state index in [-0.39, 0.29) is 18.0 Å². The van der Waals surface area contributed by atoms with Gasteiger partial charge in [-0.05, 0) is 20.3 Å². The molecule has 0 radical (unpaired) electrons. The van der Waals surface area contributed by atoms with Gasteiger partial charge in [-0.15, -0.1) is 0 Å². The Hall–Kier alpha value is -1.32. The van der Waals surface area contributed by atoms with Crippen molar-refractivity contribution in [3.8, 4) is 0 Å². The molecule has 1 rings (SSSR count). The zero-order valence-electron chi connectivity index (χ0n) is 8.46. The van der Waals surface area contributed by atoms with Crippen LogP contribution in [0.15, 0.2) is 11.3 Å². The van der Waals surface area contributed by atoms with Crippen molar-refractivity contribution < 1.29 is 19.1 Å². The van der Waals surface area contributed by atoms with Gasteiger partial charge in [-0.25, -0.2) is 4.79 Å². The van der Waals surface area contributed by atoms with Crippen molar-refractivity contribution in [1.82, 2.24) is 0 Å². The van der Waals surface area contributed by atoms with Crippen molar-refractivity contribution in [2.24, 2.45) is 0 Å². The summed E-state index contributed by atoms with van der Waals surface area (Å²) in [7, 11) is 0. The third kappa shape index (κ3) is 2.34. The minimum atomic E-state index is -0.572. The number of carbonyl (C=O) groups excluding carboxylic acids is 2. The Kier molecular flexibility index (Phi) is 3.68. The second-order valence-electron chi connectivity index (χ2n) is 3.03. The molecule has 4 nitrogen and oxygen atoms in total. The van der Waals surface area contributed by atoms with Gasteiger partial charge in [0.2, 0.25) is 0 Å². The molecule has 0 bridgehead atoms. The molecule has 0 N–H and O–H groups in total. The fourth-order valence-electron chi connectivity index (χ4n) is 1.35. The number of hydrogen-bond donors (Lipinski definition) is 0. The quantitative estimate of drug-likeness (QED) is 0.296. The molecule has 1 heterocycles. The van der Waals surface area contributed by atoms with Gasteiger partial charge in [0.1, 0.15) is 11.3 Å². The lowest BCUT2D eigenvalue weighted by molar-refractivity contribution is -0.140. The fourth-order valence-corrected chi connectivity index (χ4v) is 1.35. The topological polar surface area (TPSA) is 52.6 Å². The van der Waals surface area contributed by atoms with E-state index in [0.29, 0.717) is 18.8 Å². The molecule has 0 aromatic rings. The van der Waals surface area contributed by atoms with Crippen molar-refractivity contribution in [2.45, 2.75) is 26.7 Å². The highest BCUT2D eigenvalue weighted by Gasteiger charge is 2.24. The zero-order valence-corrected chi connectivity index (χ0v) is 8.46. The van der Waals surface area contributed by atoms with Crippen LogP contribution in [0.5, 0.6) is 0 Å². The number of allylic oxidation sites excluding steroid dienone is 1. The van der Waals surface area contributed by atoms with Gasteiger partial charge in [0.25, 0.3) is 0 Å². The van der Waals surface area contributed by atoms with Gasteiger partial charge in [-0.2, -0.15) is 0 Å². The molecule has 1 fully saturated rings.